The van der Waals surface area contributed by atoms with Crippen LogP contribution in [0.25, 0.3) is 0 Å². The van der Waals surface area contributed by atoms with Crippen molar-refractivity contribution in [3.63, 3.8) is 0 Å². The van der Waals surface area contributed by atoms with Crippen LogP contribution in [0.5, 0.6) is 11.8 Å². The van der Waals surface area contributed by atoms with Gasteiger partial charge in [0.2, 0.25) is 0 Å². The Morgan fingerprint density at radius 1 is 1.28 bits per heavy atom. The van der Waals surface area contributed by atoms with Crippen molar-refractivity contribution >= 4 is 17.6 Å². The third-order valence-electron chi connectivity index (χ3n) is 1.95. The SMILES string of the molecule is COC(=O)c1ncccc1Oc1ncc(Cl)cn1. The zero-order chi connectivity index (χ0) is 13.0. The predicted molar refractivity (Wildman–Crippen MR) is 62.7 cm³/mol. The lowest BCUT2D eigenvalue weighted by Crippen LogP contribution is -2.06. The van der Waals surface area contributed by atoms with Gasteiger partial charge in [-0.1, -0.05) is 11.6 Å². The lowest BCUT2D eigenvalue weighted by atomic mass is 10.3. The van der Waals surface area contributed by atoms with Crippen LogP contribution in [0, 0.1) is 0 Å². The first kappa shape index (κ1) is 12.3. The van der Waals surface area contributed by atoms with Gasteiger partial charge in [-0.25, -0.2) is 19.7 Å². The Kier molecular flexibility index (Phi) is 3.69. The topological polar surface area (TPSA) is 74.2 Å². The second-order valence-corrected chi connectivity index (χ2v) is 3.56. The van der Waals surface area contributed by atoms with Crippen LogP contribution in [-0.2, 0) is 4.74 Å². The van der Waals surface area contributed by atoms with E-state index in [0.29, 0.717) is 5.02 Å². The lowest BCUT2D eigenvalue weighted by molar-refractivity contribution is 0.0590. The Labute approximate surface area is 108 Å². The van der Waals surface area contributed by atoms with Crippen molar-refractivity contribution in [2.24, 2.45) is 0 Å². The average molecular weight is 266 g/mol. The Morgan fingerprint density at radius 3 is 2.67 bits per heavy atom. The Morgan fingerprint density at radius 2 is 2.00 bits per heavy atom. The van der Waals surface area contributed by atoms with Gasteiger partial charge in [-0.2, -0.15) is 0 Å². The minimum absolute atomic E-state index is 0.0542. The number of aromatic nitrogens is 3. The molecular weight excluding hydrogens is 258 g/mol. The van der Waals surface area contributed by atoms with Gasteiger partial charge in [0.05, 0.1) is 24.5 Å². The van der Waals surface area contributed by atoms with Gasteiger partial charge < -0.3 is 9.47 Å². The molecule has 0 fully saturated rings. The van der Waals surface area contributed by atoms with Crippen LogP contribution in [-0.4, -0.2) is 28.0 Å². The second-order valence-electron chi connectivity index (χ2n) is 3.13. The fourth-order valence-corrected chi connectivity index (χ4v) is 1.27. The molecule has 2 aromatic heterocycles. The number of esters is 1. The number of nitrogens with zero attached hydrogens (tertiary/aromatic N) is 3. The van der Waals surface area contributed by atoms with E-state index in [9.17, 15) is 4.79 Å². The number of halogens is 1. The third kappa shape index (κ3) is 2.72. The molecule has 0 N–H and O–H groups in total. The quantitative estimate of drug-likeness (QED) is 0.791. The van der Waals surface area contributed by atoms with Gasteiger partial charge in [0, 0.05) is 6.20 Å². The Hall–Kier alpha value is -2.21. The van der Waals surface area contributed by atoms with Crippen molar-refractivity contribution in [2.75, 3.05) is 7.11 Å². The lowest BCUT2D eigenvalue weighted by Gasteiger charge is -2.06. The van der Waals surface area contributed by atoms with Crippen molar-refractivity contribution in [2.45, 2.75) is 0 Å². The fourth-order valence-electron chi connectivity index (χ4n) is 1.17. The summed E-state index contributed by atoms with van der Waals surface area (Å²) in [4.78, 5) is 23.0. The van der Waals surface area contributed by atoms with E-state index in [0.717, 1.165) is 0 Å². The van der Waals surface area contributed by atoms with Crippen LogP contribution in [0.4, 0.5) is 0 Å². The van der Waals surface area contributed by atoms with Gasteiger partial charge in [0.1, 0.15) is 0 Å². The van der Waals surface area contributed by atoms with E-state index in [-0.39, 0.29) is 17.5 Å². The van der Waals surface area contributed by atoms with Gasteiger partial charge in [-0.15, -0.1) is 0 Å². The van der Waals surface area contributed by atoms with Crippen molar-refractivity contribution in [3.8, 4) is 11.8 Å². The molecule has 2 aromatic rings. The highest BCUT2D eigenvalue weighted by Crippen LogP contribution is 2.21. The molecule has 0 saturated heterocycles. The summed E-state index contributed by atoms with van der Waals surface area (Å²) in [6.07, 6.45) is 4.23. The number of carbonyl (C=O) groups is 1. The van der Waals surface area contributed by atoms with Gasteiger partial charge in [0.15, 0.2) is 11.4 Å². The number of methoxy groups -OCH3 is 1. The summed E-state index contributed by atoms with van der Waals surface area (Å²) in [5.41, 5.74) is 0.0542. The summed E-state index contributed by atoms with van der Waals surface area (Å²) < 4.78 is 9.93. The van der Waals surface area contributed by atoms with Crippen molar-refractivity contribution in [3.05, 3.63) is 41.4 Å². The largest absolute Gasteiger partial charge is 0.464 e. The fraction of sp³-hybridized carbons (Fsp3) is 0.0909. The number of ether oxygens (including phenoxy) is 2. The van der Waals surface area contributed by atoms with Crippen molar-refractivity contribution < 1.29 is 14.3 Å². The standard InChI is InChI=1S/C11H8ClN3O3/c1-17-10(16)9-8(3-2-4-13-9)18-11-14-5-7(12)6-15-11/h2-6H,1H3. The van der Waals surface area contributed by atoms with E-state index in [2.05, 4.69) is 19.7 Å². The van der Waals surface area contributed by atoms with E-state index in [1.54, 1.807) is 12.1 Å². The molecule has 0 radical (unpaired) electrons. The number of pyridine rings is 1. The molecule has 0 bridgehead atoms. The van der Waals surface area contributed by atoms with Crippen LogP contribution in [0.1, 0.15) is 10.5 Å². The number of hydrogen-bond acceptors (Lipinski definition) is 6. The Balaban J connectivity index is 2.28. The molecule has 6 nitrogen and oxygen atoms in total. The molecule has 0 aliphatic carbocycles. The number of hydrogen-bond donors (Lipinski definition) is 0. The van der Waals surface area contributed by atoms with E-state index in [4.69, 9.17) is 16.3 Å². The molecule has 18 heavy (non-hydrogen) atoms. The van der Waals surface area contributed by atoms with Gasteiger partial charge >= 0.3 is 12.0 Å². The monoisotopic (exact) mass is 265 g/mol. The summed E-state index contributed by atoms with van der Waals surface area (Å²) in [6, 6.07) is 3.26. The molecule has 2 heterocycles. The number of rotatable bonds is 3. The van der Waals surface area contributed by atoms with Crippen molar-refractivity contribution in [1.82, 2.24) is 15.0 Å². The molecule has 0 amide bonds. The minimum Gasteiger partial charge on any atom is -0.464 e. The molecule has 0 unspecified atom stereocenters. The first-order valence-electron chi connectivity index (χ1n) is 4.89. The zero-order valence-corrected chi connectivity index (χ0v) is 10.1. The molecule has 2 rings (SSSR count). The van der Waals surface area contributed by atoms with E-state index in [1.165, 1.54) is 25.7 Å². The first-order valence-corrected chi connectivity index (χ1v) is 5.27. The normalized spacial score (nSPS) is 9.89. The smallest absolute Gasteiger partial charge is 0.360 e. The highest BCUT2D eigenvalue weighted by Gasteiger charge is 2.15. The molecule has 0 aromatic carbocycles. The van der Waals surface area contributed by atoms with Gasteiger partial charge in [-0.05, 0) is 12.1 Å². The van der Waals surface area contributed by atoms with Crippen LogP contribution in [0.15, 0.2) is 30.7 Å². The number of carbonyl (C=O) groups excluding carboxylic acids is 1. The molecule has 0 spiro atoms. The molecule has 0 aliphatic rings. The van der Waals surface area contributed by atoms with E-state index in [1.807, 2.05) is 0 Å². The molecule has 0 atom stereocenters. The van der Waals surface area contributed by atoms with E-state index < -0.39 is 5.97 Å². The maximum absolute atomic E-state index is 11.5. The van der Waals surface area contributed by atoms with Crippen LogP contribution >= 0.6 is 11.6 Å². The van der Waals surface area contributed by atoms with Crippen LogP contribution < -0.4 is 4.74 Å². The highest BCUT2D eigenvalue weighted by molar-refractivity contribution is 6.30. The molecular formula is C11H8ClN3O3. The summed E-state index contributed by atoms with van der Waals surface area (Å²) in [6.45, 7) is 0. The van der Waals surface area contributed by atoms with Gasteiger partial charge in [0.25, 0.3) is 0 Å². The molecule has 0 saturated carbocycles. The average Bonchev–Trinajstić information content (AvgIpc) is 2.41. The third-order valence-corrected chi connectivity index (χ3v) is 2.14. The molecule has 92 valence electrons. The molecule has 0 aliphatic heterocycles. The Bertz CT molecular complexity index is 560. The van der Waals surface area contributed by atoms with Crippen LogP contribution in [0.3, 0.4) is 0 Å². The second kappa shape index (κ2) is 5.42. The van der Waals surface area contributed by atoms with E-state index >= 15 is 0 Å². The first-order chi connectivity index (χ1) is 8.70. The van der Waals surface area contributed by atoms with Crippen molar-refractivity contribution in [1.29, 1.82) is 0 Å². The molecule has 7 heteroatoms. The summed E-state index contributed by atoms with van der Waals surface area (Å²) in [5.74, 6) is -0.383. The highest BCUT2D eigenvalue weighted by atomic mass is 35.5. The summed E-state index contributed by atoms with van der Waals surface area (Å²) >= 11 is 5.65. The van der Waals surface area contributed by atoms with Gasteiger partial charge in [-0.3, -0.25) is 0 Å². The summed E-state index contributed by atoms with van der Waals surface area (Å²) in [7, 11) is 1.26. The maximum Gasteiger partial charge on any atom is 0.360 e. The predicted octanol–water partition coefficient (Wildman–Crippen LogP) is 2.10. The minimum atomic E-state index is -0.598. The zero-order valence-electron chi connectivity index (χ0n) is 9.33. The summed E-state index contributed by atoms with van der Waals surface area (Å²) in [5, 5.41) is 0.390. The maximum atomic E-state index is 11.5. The van der Waals surface area contributed by atoms with Crippen LogP contribution in [0.2, 0.25) is 5.02 Å².